The Labute approximate surface area is 105 Å². The average molecular weight is 246 g/mol. The SMILES string of the molecule is Cc1cc(C(O)c2ccc(F)c(C)c2)c(C)nn1. The van der Waals surface area contributed by atoms with E-state index in [4.69, 9.17) is 0 Å². The minimum Gasteiger partial charge on any atom is -0.384 e. The number of halogens is 1. The highest BCUT2D eigenvalue weighted by molar-refractivity contribution is 5.34. The standard InChI is InChI=1S/C14H15FN2O/c1-8-6-11(4-5-13(8)15)14(18)12-7-9(2)16-17-10(12)3/h4-7,14,18H,1-3H3. The zero-order valence-electron chi connectivity index (χ0n) is 10.6. The first-order valence-electron chi connectivity index (χ1n) is 5.74. The average Bonchev–Trinajstić information content (AvgIpc) is 2.35. The Bertz CT molecular complexity index is 584. The molecule has 0 saturated heterocycles. The Morgan fingerprint density at radius 2 is 1.83 bits per heavy atom. The lowest BCUT2D eigenvalue weighted by Gasteiger charge is -2.14. The van der Waals surface area contributed by atoms with Gasteiger partial charge in [-0.05, 0) is 44.0 Å². The number of aliphatic hydroxyl groups excluding tert-OH is 1. The van der Waals surface area contributed by atoms with Crippen molar-refractivity contribution in [2.24, 2.45) is 0 Å². The zero-order chi connectivity index (χ0) is 13.3. The van der Waals surface area contributed by atoms with E-state index < -0.39 is 6.10 Å². The largest absolute Gasteiger partial charge is 0.384 e. The lowest BCUT2D eigenvalue weighted by molar-refractivity contribution is 0.218. The van der Waals surface area contributed by atoms with Gasteiger partial charge in [0.15, 0.2) is 0 Å². The Kier molecular flexibility index (Phi) is 3.39. The van der Waals surface area contributed by atoms with Gasteiger partial charge in [0, 0.05) is 5.56 Å². The molecule has 0 fully saturated rings. The number of aliphatic hydroxyl groups is 1. The fourth-order valence-electron chi connectivity index (χ4n) is 1.86. The summed E-state index contributed by atoms with van der Waals surface area (Å²) >= 11 is 0. The molecular weight excluding hydrogens is 231 g/mol. The van der Waals surface area contributed by atoms with Crippen molar-refractivity contribution in [2.75, 3.05) is 0 Å². The van der Waals surface area contributed by atoms with Crippen molar-refractivity contribution in [3.8, 4) is 0 Å². The van der Waals surface area contributed by atoms with Crippen LogP contribution in [-0.4, -0.2) is 15.3 Å². The van der Waals surface area contributed by atoms with E-state index in [2.05, 4.69) is 10.2 Å². The summed E-state index contributed by atoms with van der Waals surface area (Å²) in [4.78, 5) is 0. The molecular formula is C14H15FN2O. The van der Waals surface area contributed by atoms with E-state index in [1.165, 1.54) is 6.07 Å². The summed E-state index contributed by atoms with van der Waals surface area (Å²) in [5.41, 5.74) is 3.30. The molecule has 3 nitrogen and oxygen atoms in total. The molecule has 1 N–H and O–H groups in total. The van der Waals surface area contributed by atoms with Gasteiger partial charge in [0.05, 0.1) is 11.4 Å². The molecule has 1 aromatic heterocycles. The third-order valence-corrected chi connectivity index (χ3v) is 2.93. The number of aromatic nitrogens is 2. The summed E-state index contributed by atoms with van der Waals surface area (Å²) in [5, 5.41) is 18.2. The summed E-state index contributed by atoms with van der Waals surface area (Å²) in [6.45, 7) is 5.29. The van der Waals surface area contributed by atoms with Crippen LogP contribution in [0.5, 0.6) is 0 Å². The van der Waals surface area contributed by atoms with Crippen molar-refractivity contribution in [1.82, 2.24) is 10.2 Å². The van der Waals surface area contributed by atoms with E-state index in [1.54, 1.807) is 32.0 Å². The van der Waals surface area contributed by atoms with E-state index in [-0.39, 0.29) is 5.82 Å². The second-order valence-electron chi connectivity index (χ2n) is 4.44. The molecule has 2 aromatic rings. The van der Waals surface area contributed by atoms with Crippen molar-refractivity contribution < 1.29 is 9.50 Å². The quantitative estimate of drug-likeness (QED) is 0.886. The van der Waals surface area contributed by atoms with Crippen LogP contribution in [0.25, 0.3) is 0 Å². The first-order chi connectivity index (χ1) is 8.49. The van der Waals surface area contributed by atoms with E-state index in [0.29, 0.717) is 22.4 Å². The molecule has 0 spiro atoms. The molecule has 0 amide bonds. The lowest BCUT2D eigenvalue weighted by atomic mass is 9.99. The molecule has 0 aliphatic heterocycles. The van der Waals surface area contributed by atoms with Gasteiger partial charge in [0.2, 0.25) is 0 Å². The molecule has 1 atom stereocenters. The van der Waals surface area contributed by atoms with E-state index in [9.17, 15) is 9.50 Å². The van der Waals surface area contributed by atoms with Gasteiger partial charge in [-0.3, -0.25) is 0 Å². The molecule has 1 unspecified atom stereocenters. The lowest BCUT2D eigenvalue weighted by Crippen LogP contribution is -2.06. The van der Waals surface area contributed by atoms with Gasteiger partial charge in [-0.25, -0.2) is 4.39 Å². The molecule has 4 heteroatoms. The van der Waals surface area contributed by atoms with Crippen LogP contribution in [0.1, 0.15) is 34.2 Å². The van der Waals surface area contributed by atoms with Gasteiger partial charge in [-0.1, -0.05) is 12.1 Å². The normalized spacial score (nSPS) is 12.5. The molecule has 94 valence electrons. The van der Waals surface area contributed by atoms with E-state index in [1.807, 2.05) is 6.92 Å². The molecule has 1 heterocycles. The summed E-state index contributed by atoms with van der Waals surface area (Å²) in [7, 11) is 0. The fourth-order valence-corrected chi connectivity index (χ4v) is 1.86. The van der Waals surface area contributed by atoms with Gasteiger partial charge in [0.1, 0.15) is 11.9 Å². The van der Waals surface area contributed by atoms with Crippen LogP contribution in [0.3, 0.4) is 0 Å². The highest BCUT2D eigenvalue weighted by Crippen LogP contribution is 2.25. The maximum Gasteiger partial charge on any atom is 0.126 e. The Morgan fingerprint density at radius 3 is 2.50 bits per heavy atom. The van der Waals surface area contributed by atoms with Crippen LogP contribution in [-0.2, 0) is 0 Å². The zero-order valence-corrected chi connectivity index (χ0v) is 10.6. The van der Waals surface area contributed by atoms with Crippen LogP contribution in [0.2, 0.25) is 0 Å². The molecule has 0 aliphatic rings. The molecule has 0 aliphatic carbocycles. The second-order valence-corrected chi connectivity index (χ2v) is 4.44. The molecule has 0 bridgehead atoms. The number of rotatable bonds is 2. The highest BCUT2D eigenvalue weighted by Gasteiger charge is 2.15. The van der Waals surface area contributed by atoms with Crippen LogP contribution >= 0.6 is 0 Å². The smallest absolute Gasteiger partial charge is 0.126 e. The predicted molar refractivity (Wildman–Crippen MR) is 66.7 cm³/mol. The van der Waals surface area contributed by atoms with Gasteiger partial charge >= 0.3 is 0 Å². The van der Waals surface area contributed by atoms with Crippen molar-refractivity contribution in [3.05, 3.63) is 58.2 Å². The Hall–Kier alpha value is -1.81. The summed E-state index contributed by atoms with van der Waals surface area (Å²) < 4.78 is 13.2. The minimum atomic E-state index is -0.807. The topological polar surface area (TPSA) is 46.0 Å². The summed E-state index contributed by atoms with van der Waals surface area (Å²) in [6.07, 6.45) is -0.807. The van der Waals surface area contributed by atoms with E-state index in [0.717, 1.165) is 5.69 Å². The van der Waals surface area contributed by atoms with Gasteiger partial charge in [0.25, 0.3) is 0 Å². The fraction of sp³-hybridized carbons (Fsp3) is 0.286. The first kappa shape index (κ1) is 12.6. The minimum absolute atomic E-state index is 0.272. The van der Waals surface area contributed by atoms with Crippen LogP contribution in [0.4, 0.5) is 4.39 Å². The van der Waals surface area contributed by atoms with Crippen LogP contribution < -0.4 is 0 Å². The van der Waals surface area contributed by atoms with Gasteiger partial charge in [-0.2, -0.15) is 10.2 Å². The predicted octanol–water partition coefficient (Wildman–Crippen LogP) is 2.62. The van der Waals surface area contributed by atoms with Crippen LogP contribution in [0, 0.1) is 26.6 Å². The summed E-state index contributed by atoms with van der Waals surface area (Å²) in [5.74, 6) is -0.272. The van der Waals surface area contributed by atoms with Crippen molar-refractivity contribution in [3.63, 3.8) is 0 Å². The number of benzene rings is 1. The van der Waals surface area contributed by atoms with Crippen molar-refractivity contribution >= 4 is 0 Å². The third-order valence-electron chi connectivity index (χ3n) is 2.93. The molecule has 1 aromatic carbocycles. The highest BCUT2D eigenvalue weighted by atomic mass is 19.1. The maximum atomic E-state index is 13.2. The molecule has 0 radical (unpaired) electrons. The first-order valence-corrected chi connectivity index (χ1v) is 5.74. The summed E-state index contributed by atoms with van der Waals surface area (Å²) in [6, 6.07) is 6.40. The number of hydrogen-bond donors (Lipinski definition) is 1. The van der Waals surface area contributed by atoms with Gasteiger partial charge in [-0.15, -0.1) is 0 Å². The molecule has 18 heavy (non-hydrogen) atoms. The van der Waals surface area contributed by atoms with Crippen molar-refractivity contribution in [1.29, 1.82) is 0 Å². The monoisotopic (exact) mass is 246 g/mol. The number of nitrogens with zero attached hydrogens (tertiary/aromatic N) is 2. The Morgan fingerprint density at radius 1 is 1.11 bits per heavy atom. The van der Waals surface area contributed by atoms with Crippen LogP contribution in [0.15, 0.2) is 24.3 Å². The second kappa shape index (κ2) is 4.82. The van der Waals surface area contributed by atoms with Crippen molar-refractivity contribution in [2.45, 2.75) is 26.9 Å². The maximum absolute atomic E-state index is 13.2. The van der Waals surface area contributed by atoms with E-state index >= 15 is 0 Å². The number of aryl methyl sites for hydroxylation is 3. The molecule has 0 saturated carbocycles. The molecule has 2 rings (SSSR count). The Balaban J connectivity index is 2.44. The number of hydrogen-bond acceptors (Lipinski definition) is 3. The van der Waals surface area contributed by atoms with Gasteiger partial charge < -0.3 is 5.11 Å². The third kappa shape index (κ3) is 2.38.